The van der Waals surface area contributed by atoms with Crippen molar-refractivity contribution in [1.29, 1.82) is 0 Å². The van der Waals surface area contributed by atoms with Crippen LogP contribution < -0.4 is 10.2 Å². The number of rotatable bonds is 8. The number of ether oxygens (including phenoxy) is 1. The van der Waals surface area contributed by atoms with Gasteiger partial charge in [-0.05, 0) is 98.0 Å². The van der Waals surface area contributed by atoms with Crippen molar-refractivity contribution in [3.8, 4) is 5.75 Å². The van der Waals surface area contributed by atoms with Crippen molar-refractivity contribution in [3.05, 3.63) is 110 Å². The molecule has 1 heterocycles. The van der Waals surface area contributed by atoms with Gasteiger partial charge in [0.1, 0.15) is 17.9 Å². The van der Waals surface area contributed by atoms with E-state index in [0.717, 1.165) is 32.3 Å². The SMILES string of the molecule is C=CCc1cc(/C=N/NC(=O)c2cc3ccccc3o2)cc(Br)c1OCc1ccc(I)cc1. The third kappa shape index (κ3) is 5.91. The van der Waals surface area contributed by atoms with E-state index in [9.17, 15) is 4.79 Å². The third-order valence-electron chi connectivity index (χ3n) is 4.83. The zero-order valence-electron chi connectivity index (χ0n) is 17.6. The average molecular weight is 615 g/mol. The van der Waals surface area contributed by atoms with E-state index in [-0.39, 0.29) is 5.76 Å². The van der Waals surface area contributed by atoms with Gasteiger partial charge in [0, 0.05) is 8.96 Å². The van der Waals surface area contributed by atoms with Crippen LogP contribution >= 0.6 is 38.5 Å². The molecule has 5 nitrogen and oxygen atoms in total. The largest absolute Gasteiger partial charge is 0.487 e. The lowest BCUT2D eigenvalue weighted by Gasteiger charge is -2.14. The maximum atomic E-state index is 12.4. The Bertz CT molecular complexity index is 1300. The van der Waals surface area contributed by atoms with Crippen LogP contribution in [0.1, 0.15) is 27.2 Å². The summed E-state index contributed by atoms with van der Waals surface area (Å²) in [7, 11) is 0. The van der Waals surface area contributed by atoms with Crippen LogP contribution in [0.5, 0.6) is 5.75 Å². The number of hydrogen-bond acceptors (Lipinski definition) is 4. The summed E-state index contributed by atoms with van der Waals surface area (Å²) < 4.78 is 13.7. The number of para-hydroxylation sites is 1. The first-order chi connectivity index (χ1) is 16.0. The Labute approximate surface area is 213 Å². The number of carbonyl (C=O) groups excluding carboxylic acids is 1. The minimum absolute atomic E-state index is 0.209. The number of allylic oxidation sites excluding steroid dienone is 1. The first-order valence-corrected chi connectivity index (χ1v) is 12.0. The Morgan fingerprint density at radius 3 is 2.70 bits per heavy atom. The van der Waals surface area contributed by atoms with Gasteiger partial charge in [0.05, 0.1) is 10.7 Å². The molecule has 0 aliphatic heterocycles. The fourth-order valence-corrected chi connectivity index (χ4v) is 4.26. The number of hydrazone groups is 1. The number of nitrogens with zero attached hydrogens (tertiary/aromatic N) is 1. The van der Waals surface area contributed by atoms with Crippen LogP contribution in [0, 0.1) is 3.57 Å². The monoisotopic (exact) mass is 614 g/mol. The van der Waals surface area contributed by atoms with Gasteiger partial charge in [0.2, 0.25) is 0 Å². The van der Waals surface area contributed by atoms with Crippen molar-refractivity contribution in [2.45, 2.75) is 13.0 Å². The average Bonchev–Trinajstić information content (AvgIpc) is 3.24. The lowest BCUT2D eigenvalue weighted by atomic mass is 10.1. The van der Waals surface area contributed by atoms with Crippen molar-refractivity contribution >= 4 is 61.6 Å². The zero-order chi connectivity index (χ0) is 23.2. The van der Waals surface area contributed by atoms with E-state index in [1.807, 2.05) is 42.5 Å². The van der Waals surface area contributed by atoms with Crippen LogP contribution in [0.15, 0.2) is 93.4 Å². The van der Waals surface area contributed by atoms with Gasteiger partial charge in [0.15, 0.2) is 5.76 Å². The number of carbonyl (C=O) groups is 1. The highest BCUT2D eigenvalue weighted by atomic mass is 127. The molecular formula is C26H20BrIN2O3. The van der Waals surface area contributed by atoms with E-state index in [0.29, 0.717) is 18.6 Å². The number of amides is 1. The second-order valence-electron chi connectivity index (χ2n) is 7.25. The lowest BCUT2D eigenvalue weighted by Crippen LogP contribution is -2.16. The van der Waals surface area contributed by atoms with E-state index in [1.165, 1.54) is 3.57 Å². The van der Waals surface area contributed by atoms with Gasteiger partial charge in [-0.15, -0.1) is 6.58 Å². The highest BCUT2D eigenvalue weighted by Gasteiger charge is 2.12. The lowest BCUT2D eigenvalue weighted by molar-refractivity contribution is 0.0929. The second kappa shape index (κ2) is 10.8. The Hall–Kier alpha value is -2.91. The smallest absolute Gasteiger partial charge is 0.307 e. The third-order valence-corrected chi connectivity index (χ3v) is 6.14. The molecule has 0 unspecified atom stereocenters. The highest BCUT2D eigenvalue weighted by molar-refractivity contribution is 14.1. The van der Waals surface area contributed by atoms with Crippen molar-refractivity contribution in [3.63, 3.8) is 0 Å². The summed E-state index contributed by atoms with van der Waals surface area (Å²) in [4.78, 5) is 12.4. The normalized spacial score (nSPS) is 11.1. The van der Waals surface area contributed by atoms with Crippen LogP contribution in [0.3, 0.4) is 0 Å². The van der Waals surface area contributed by atoms with E-state index in [4.69, 9.17) is 9.15 Å². The minimum atomic E-state index is -0.412. The number of fused-ring (bicyclic) bond motifs is 1. The molecule has 0 aliphatic rings. The van der Waals surface area contributed by atoms with Crippen LogP contribution in [0.2, 0.25) is 0 Å². The minimum Gasteiger partial charge on any atom is -0.487 e. The molecular weight excluding hydrogens is 595 g/mol. The first-order valence-electron chi connectivity index (χ1n) is 10.2. The van der Waals surface area contributed by atoms with Gasteiger partial charge in [-0.2, -0.15) is 5.10 Å². The Kier molecular flexibility index (Phi) is 7.61. The Morgan fingerprint density at radius 1 is 1.15 bits per heavy atom. The fourth-order valence-electron chi connectivity index (χ4n) is 3.27. The van der Waals surface area contributed by atoms with Gasteiger partial charge >= 0.3 is 5.91 Å². The maximum absolute atomic E-state index is 12.4. The quantitative estimate of drug-likeness (QED) is 0.102. The molecule has 4 aromatic rings. The molecule has 0 aliphatic carbocycles. The molecule has 1 N–H and O–H groups in total. The molecule has 0 bridgehead atoms. The van der Waals surface area contributed by atoms with Gasteiger partial charge in [-0.3, -0.25) is 4.79 Å². The number of nitrogens with one attached hydrogen (secondary N) is 1. The molecule has 1 aromatic heterocycles. The summed E-state index contributed by atoms with van der Waals surface area (Å²) in [5, 5.41) is 4.96. The molecule has 166 valence electrons. The van der Waals surface area contributed by atoms with Crippen LogP contribution in [0.25, 0.3) is 11.0 Å². The van der Waals surface area contributed by atoms with Crippen molar-refractivity contribution in [2.75, 3.05) is 0 Å². The summed E-state index contributed by atoms with van der Waals surface area (Å²) in [6.45, 7) is 4.31. The zero-order valence-corrected chi connectivity index (χ0v) is 21.3. The van der Waals surface area contributed by atoms with Gasteiger partial charge < -0.3 is 9.15 Å². The number of hydrogen-bond donors (Lipinski definition) is 1. The molecule has 0 radical (unpaired) electrons. The van der Waals surface area contributed by atoms with Crippen LogP contribution in [-0.4, -0.2) is 12.1 Å². The summed E-state index contributed by atoms with van der Waals surface area (Å²) in [6, 6.07) is 21.2. The van der Waals surface area contributed by atoms with Crippen molar-refractivity contribution in [1.82, 2.24) is 5.43 Å². The summed E-state index contributed by atoms with van der Waals surface area (Å²) >= 11 is 5.89. The predicted octanol–water partition coefficient (Wildman–Crippen LogP) is 6.87. The van der Waals surface area contributed by atoms with Crippen molar-refractivity contribution < 1.29 is 13.9 Å². The molecule has 4 rings (SSSR count). The van der Waals surface area contributed by atoms with Gasteiger partial charge in [-0.1, -0.05) is 36.4 Å². The molecule has 0 spiro atoms. The summed E-state index contributed by atoms with van der Waals surface area (Å²) in [5.41, 5.74) is 6.04. The second-order valence-corrected chi connectivity index (χ2v) is 9.35. The molecule has 0 saturated heterocycles. The molecule has 33 heavy (non-hydrogen) atoms. The Morgan fingerprint density at radius 2 is 1.94 bits per heavy atom. The molecule has 0 saturated carbocycles. The van der Waals surface area contributed by atoms with E-state index in [1.54, 1.807) is 12.3 Å². The first kappa shape index (κ1) is 23.3. The molecule has 1 amide bonds. The predicted molar refractivity (Wildman–Crippen MR) is 143 cm³/mol. The van der Waals surface area contributed by atoms with E-state index >= 15 is 0 Å². The number of halogens is 2. The summed E-state index contributed by atoms with van der Waals surface area (Å²) in [6.07, 6.45) is 4.04. The van der Waals surface area contributed by atoms with E-state index in [2.05, 4.69) is 79.9 Å². The molecule has 0 fully saturated rings. The standard InChI is InChI=1S/C26H20BrIN2O3/c1-2-5-20-12-18(13-22(27)25(20)32-16-17-8-10-21(28)11-9-17)15-29-30-26(31)24-14-19-6-3-4-7-23(19)33-24/h2-4,6-15H,1,5,16H2,(H,30,31)/b29-15+. The Balaban J connectivity index is 1.46. The topological polar surface area (TPSA) is 63.8 Å². The number of benzene rings is 3. The van der Waals surface area contributed by atoms with Gasteiger partial charge in [-0.25, -0.2) is 5.43 Å². The number of furan rings is 1. The van der Waals surface area contributed by atoms with Crippen LogP contribution in [-0.2, 0) is 13.0 Å². The van der Waals surface area contributed by atoms with E-state index < -0.39 is 5.91 Å². The highest BCUT2D eigenvalue weighted by Crippen LogP contribution is 2.32. The fraction of sp³-hybridized carbons (Fsp3) is 0.0769. The van der Waals surface area contributed by atoms with Crippen LogP contribution in [0.4, 0.5) is 0 Å². The molecule has 7 heteroatoms. The van der Waals surface area contributed by atoms with Crippen molar-refractivity contribution in [2.24, 2.45) is 5.10 Å². The maximum Gasteiger partial charge on any atom is 0.307 e. The summed E-state index contributed by atoms with van der Waals surface area (Å²) in [5.74, 6) is 0.559. The molecule has 0 atom stereocenters. The van der Waals surface area contributed by atoms with Gasteiger partial charge in [0.25, 0.3) is 0 Å². The molecule has 3 aromatic carbocycles.